The van der Waals surface area contributed by atoms with Gasteiger partial charge in [-0.2, -0.15) is 0 Å². The summed E-state index contributed by atoms with van der Waals surface area (Å²) in [5.41, 5.74) is 15.9. The van der Waals surface area contributed by atoms with Crippen molar-refractivity contribution < 1.29 is 0 Å². The Labute approximate surface area is 333 Å². The fourth-order valence-electron chi connectivity index (χ4n) is 9.68. The Morgan fingerprint density at radius 2 is 1.00 bits per heavy atom. The standard InChI is InChI=1S/C54H32N4/c1-2-14-37(15-3-1)57-48-23-9-8-19-41(48)45-31-34(25-28-49(45)57)35-26-29-50-46(32-35)44-27-24-33-12-4-5-17-39(33)53(44)58(50)38-16-10-13-36(30-38)54-55-47-22-11-21-42-40-18-6-7-20-43(40)52(56-54)51(42)47/h1-32H. The van der Waals surface area contributed by atoms with Crippen LogP contribution in [0.1, 0.15) is 0 Å². The Balaban J connectivity index is 1.01. The largest absolute Gasteiger partial charge is 0.309 e. The Morgan fingerprint density at radius 3 is 1.86 bits per heavy atom. The second-order valence-electron chi connectivity index (χ2n) is 15.4. The third kappa shape index (κ3) is 4.40. The van der Waals surface area contributed by atoms with Gasteiger partial charge in [0.05, 0.1) is 33.3 Å². The summed E-state index contributed by atoms with van der Waals surface area (Å²) in [5.74, 6) is 0.732. The molecular formula is C54H32N4. The summed E-state index contributed by atoms with van der Waals surface area (Å²) in [5, 5.41) is 8.51. The van der Waals surface area contributed by atoms with Gasteiger partial charge in [-0.25, -0.2) is 9.97 Å². The molecule has 4 nitrogen and oxygen atoms in total. The van der Waals surface area contributed by atoms with Gasteiger partial charge in [-0.05, 0) is 88.3 Å². The van der Waals surface area contributed by atoms with E-state index >= 15 is 0 Å². The average Bonchev–Trinajstić information content (AvgIpc) is 3.93. The van der Waals surface area contributed by atoms with Crippen LogP contribution in [0.25, 0.3) is 122 Å². The summed E-state index contributed by atoms with van der Waals surface area (Å²) in [6.45, 7) is 0. The minimum atomic E-state index is 0.732. The van der Waals surface area contributed by atoms with Crippen LogP contribution in [0.3, 0.4) is 0 Å². The highest BCUT2D eigenvalue weighted by atomic mass is 15.0. The molecule has 268 valence electrons. The molecule has 0 fully saturated rings. The first-order valence-electron chi connectivity index (χ1n) is 19.8. The molecule has 0 saturated heterocycles. The molecule has 13 rings (SSSR count). The van der Waals surface area contributed by atoms with Crippen LogP contribution in [0, 0.1) is 0 Å². The first-order valence-corrected chi connectivity index (χ1v) is 19.8. The maximum atomic E-state index is 5.26. The molecule has 0 amide bonds. The molecule has 0 aliphatic heterocycles. The van der Waals surface area contributed by atoms with Gasteiger partial charge in [0.2, 0.25) is 0 Å². The van der Waals surface area contributed by atoms with Gasteiger partial charge in [0.1, 0.15) is 0 Å². The Morgan fingerprint density at radius 1 is 0.345 bits per heavy atom. The highest BCUT2D eigenvalue weighted by Gasteiger charge is 2.24. The second kappa shape index (κ2) is 11.8. The fraction of sp³-hybridized carbons (Fsp3) is 0. The average molecular weight is 737 g/mol. The van der Waals surface area contributed by atoms with E-state index in [0.29, 0.717) is 0 Å². The molecule has 0 saturated carbocycles. The van der Waals surface area contributed by atoms with E-state index < -0.39 is 0 Å². The number of rotatable bonds is 4. The first-order chi connectivity index (χ1) is 28.8. The molecule has 1 aliphatic carbocycles. The van der Waals surface area contributed by atoms with Crippen molar-refractivity contribution in [3.63, 3.8) is 0 Å². The van der Waals surface area contributed by atoms with Crippen molar-refractivity contribution in [3.05, 3.63) is 194 Å². The van der Waals surface area contributed by atoms with E-state index in [4.69, 9.17) is 9.97 Å². The lowest BCUT2D eigenvalue weighted by Crippen LogP contribution is -1.97. The summed E-state index contributed by atoms with van der Waals surface area (Å²) in [4.78, 5) is 10.4. The van der Waals surface area contributed by atoms with Crippen LogP contribution >= 0.6 is 0 Å². The van der Waals surface area contributed by atoms with Crippen LogP contribution in [-0.2, 0) is 0 Å². The van der Waals surface area contributed by atoms with Gasteiger partial charge in [-0.15, -0.1) is 0 Å². The first kappa shape index (κ1) is 31.4. The normalized spacial score (nSPS) is 12.1. The van der Waals surface area contributed by atoms with E-state index in [1.807, 2.05) is 0 Å². The van der Waals surface area contributed by atoms with Gasteiger partial charge in [-0.3, -0.25) is 0 Å². The molecule has 3 aromatic heterocycles. The quantitative estimate of drug-likeness (QED) is 0.180. The van der Waals surface area contributed by atoms with Gasteiger partial charge in [0.15, 0.2) is 5.82 Å². The summed E-state index contributed by atoms with van der Waals surface area (Å²) < 4.78 is 4.81. The maximum absolute atomic E-state index is 5.26. The Bertz CT molecular complexity index is 3680. The number of fused-ring (bicyclic) bond motifs is 11. The van der Waals surface area contributed by atoms with Crippen molar-refractivity contribution in [1.82, 2.24) is 19.1 Å². The van der Waals surface area contributed by atoms with Crippen LogP contribution in [0.15, 0.2) is 194 Å². The second-order valence-corrected chi connectivity index (χ2v) is 15.4. The van der Waals surface area contributed by atoms with E-state index in [9.17, 15) is 0 Å². The number of para-hydroxylation sites is 2. The molecule has 0 N–H and O–H groups in total. The molecule has 0 atom stereocenters. The number of aromatic nitrogens is 4. The van der Waals surface area contributed by atoms with E-state index in [2.05, 4.69) is 203 Å². The van der Waals surface area contributed by atoms with Crippen molar-refractivity contribution in [3.8, 4) is 56.3 Å². The topological polar surface area (TPSA) is 35.6 Å². The lowest BCUT2D eigenvalue weighted by atomic mass is 10.00. The molecule has 1 aliphatic rings. The predicted molar refractivity (Wildman–Crippen MR) is 241 cm³/mol. The lowest BCUT2D eigenvalue weighted by molar-refractivity contribution is 1.18. The molecule has 58 heavy (non-hydrogen) atoms. The van der Waals surface area contributed by atoms with Crippen LogP contribution in [0.2, 0.25) is 0 Å². The molecule has 0 unspecified atom stereocenters. The zero-order valence-corrected chi connectivity index (χ0v) is 31.3. The summed E-state index contributed by atoms with van der Waals surface area (Å²) >= 11 is 0. The summed E-state index contributed by atoms with van der Waals surface area (Å²) in [6.07, 6.45) is 0. The van der Waals surface area contributed by atoms with E-state index in [1.165, 1.54) is 76.7 Å². The summed E-state index contributed by atoms with van der Waals surface area (Å²) in [6, 6.07) is 70.2. The summed E-state index contributed by atoms with van der Waals surface area (Å²) in [7, 11) is 0. The van der Waals surface area contributed by atoms with Crippen molar-refractivity contribution in [2.45, 2.75) is 0 Å². The zero-order valence-electron chi connectivity index (χ0n) is 31.3. The lowest BCUT2D eigenvalue weighted by Gasteiger charge is -2.12. The van der Waals surface area contributed by atoms with Gasteiger partial charge >= 0.3 is 0 Å². The molecule has 0 bridgehead atoms. The zero-order chi connectivity index (χ0) is 37.9. The number of hydrogen-bond donors (Lipinski definition) is 0. The van der Waals surface area contributed by atoms with Gasteiger partial charge < -0.3 is 9.13 Å². The highest BCUT2D eigenvalue weighted by Crippen LogP contribution is 2.46. The van der Waals surface area contributed by atoms with Crippen molar-refractivity contribution in [1.29, 1.82) is 0 Å². The van der Waals surface area contributed by atoms with Gasteiger partial charge in [0, 0.05) is 54.8 Å². The monoisotopic (exact) mass is 736 g/mol. The van der Waals surface area contributed by atoms with Gasteiger partial charge in [-0.1, -0.05) is 133 Å². The smallest absolute Gasteiger partial charge is 0.160 e. The number of hydrogen-bond acceptors (Lipinski definition) is 2. The van der Waals surface area contributed by atoms with E-state index in [0.717, 1.165) is 44.9 Å². The maximum Gasteiger partial charge on any atom is 0.160 e. The Hall–Kier alpha value is -7.82. The SMILES string of the molecule is c1ccc(-n2c3ccccc3c3cc(-c4ccc5c(c4)c4ccc6ccccc6c4n5-c4cccc(-c5nc6c7c(cccc7n5)-c5ccccc5-6)c4)ccc32)cc1. The van der Waals surface area contributed by atoms with Crippen LogP contribution < -0.4 is 0 Å². The van der Waals surface area contributed by atoms with Crippen LogP contribution in [0.4, 0.5) is 0 Å². The minimum Gasteiger partial charge on any atom is -0.309 e. The minimum absolute atomic E-state index is 0.732. The van der Waals surface area contributed by atoms with E-state index in [-0.39, 0.29) is 0 Å². The molecule has 3 heterocycles. The van der Waals surface area contributed by atoms with Crippen LogP contribution in [0.5, 0.6) is 0 Å². The third-order valence-corrected chi connectivity index (χ3v) is 12.2. The molecule has 12 aromatic rings. The predicted octanol–water partition coefficient (Wildman–Crippen LogP) is 14.0. The number of benzene rings is 9. The Kier molecular flexibility index (Phi) is 6.41. The van der Waals surface area contributed by atoms with Gasteiger partial charge in [0.25, 0.3) is 0 Å². The fourth-order valence-corrected chi connectivity index (χ4v) is 9.68. The molecular weight excluding hydrogens is 705 g/mol. The molecule has 9 aromatic carbocycles. The highest BCUT2D eigenvalue weighted by molar-refractivity contribution is 6.20. The molecule has 0 spiro atoms. The molecule has 0 radical (unpaired) electrons. The molecule has 4 heteroatoms. The third-order valence-electron chi connectivity index (χ3n) is 12.2. The van der Waals surface area contributed by atoms with Crippen molar-refractivity contribution in [2.75, 3.05) is 0 Å². The van der Waals surface area contributed by atoms with E-state index in [1.54, 1.807) is 0 Å². The van der Waals surface area contributed by atoms with Crippen molar-refractivity contribution in [2.24, 2.45) is 0 Å². The van der Waals surface area contributed by atoms with Crippen molar-refractivity contribution >= 4 is 65.3 Å². The van der Waals surface area contributed by atoms with Crippen LogP contribution in [-0.4, -0.2) is 19.1 Å². The number of nitrogens with zero attached hydrogens (tertiary/aromatic N) is 4.